The fourth-order valence-corrected chi connectivity index (χ4v) is 5.05. The fraction of sp³-hybridized carbons (Fsp3) is 0.211. The molecule has 0 aliphatic carbocycles. The van der Waals surface area contributed by atoms with Gasteiger partial charge in [-0.15, -0.1) is 11.3 Å². The third-order valence-electron chi connectivity index (χ3n) is 4.13. The molecule has 3 aromatic rings. The van der Waals surface area contributed by atoms with Crippen LogP contribution in [0.25, 0.3) is 0 Å². The average Bonchev–Trinajstić information content (AvgIpc) is 2.96. The molecule has 2 heterocycles. The fourth-order valence-electron chi connectivity index (χ4n) is 2.75. The molecule has 28 heavy (non-hydrogen) atoms. The highest BCUT2D eigenvalue weighted by Crippen LogP contribution is 2.33. The Bertz CT molecular complexity index is 1100. The van der Waals surface area contributed by atoms with Gasteiger partial charge in [0, 0.05) is 35.0 Å². The predicted molar refractivity (Wildman–Crippen MR) is 109 cm³/mol. The second-order valence-corrected chi connectivity index (χ2v) is 9.37. The van der Waals surface area contributed by atoms with Crippen LogP contribution in [-0.4, -0.2) is 26.6 Å². The maximum atomic E-state index is 12.7. The maximum absolute atomic E-state index is 12.7. The van der Waals surface area contributed by atoms with E-state index < -0.39 is 10.0 Å². The van der Waals surface area contributed by atoms with Crippen molar-refractivity contribution in [2.24, 2.45) is 0 Å². The minimum absolute atomic E-state index is 0.0969. The molecule has 0 saturated heterocycles. The van der Waals surface area contributed by atoms with Crippen LogP contribution in [0.3, 0.4) is 0 Å². The van der Waals surface area contributed by atoms with Gasteiger partial charge < -0.3 is 9.47 Å². The van der Waals surface area contributed by atoms with E-state index in [-0.39, 0.29) is 4.90 Å². The zero-order valence-corrected chi connectivity index (χ0v) is 17.1. The number of ether oxygens (including phenoxy) is 2. The van der Waals surface area contributed by atoms with Gasteiger partial charge in [-0.05, 0) is 23.8 Å². The van der Waals surface area contributed by atoms with Crippen molar-refractivity contribution in [2.45, 2.75) is 17.7 Å². The summed E-state index contributed by atoms with van der Waals surface area (Å²) >= 11 is 7.46. The molecule has 2 aromatic carbocycles. The molecule has 0 amide bonds. The van der Waals surface area contributed by atoms with Crippen molar-refractivity contribution in [2.75, 3.05) is 17.9 Å². The molecular formula is C19H17ClN2O4S2. The number of rotatable bonds is 5. The average molecular weight is 437 g/mol. The van der Waals surface area contributed by atoms with E-state index in [1.807, 2.05) is 24.3 Å². The number of benzene rings is 2. The smallest absolute Gasteiger partial charge is 0.263 e. The molecule has 0 fully saturated rings. The van der Waals surface area contributed by atoms with Gasteiger partial charge in [0.2, 0.25) is 0 Å². The lowest BCUT2D eigenvalue weighted by Crippen LogP contribution is -2.12. The van der Waals surface area contributed by atoms with Crippen LogP contribution in [0.5, 0.6) is 11.5 Å². The van der Waals surface area contributed by atoms with Crippen LogP contribution >= 0.6 is 22.9 Å². The van der Waals surface area contributed by atoms with Gasteiger partial charge in [0.05, 0.1) is 18.1 Å². The number of hydrogen-bond acceptors (Lipinski definition) is 6. The number of sulfonamides is 1. The zero-order chi connectivity index (χ0) is 19.6. The molecule has 6 nitrogen and oxygen atoms in total. The summed E-state index contributed by atoms with van der Waals surface area (Å²) in [5.74, 6) is 0.978. The monoisotopic (exact) mass is 436 g/mol. The van der Waals surface area contributed by atoms with Crippen LogP contribution in [-0.2, 0) is 16.4 Å². The lowest BCUT2D eigenvalue weighted by Gasteiger charge is -2.10. The number of fused-ring (bicyclic) bond motifs is 1. The quantitative estimate of drug-likeness (QED) is 0.643. The van der Waals surface area contributed by atoms with E-state index in [0.717, 1.165) is 16.9 Å². The maximum Gasteiger partial charge on any atom is 0.263 e. The minimum Gasteiger partial charge on any atom is -0.490 e. The molecule has 1 aromatic heterocycles. The number of nitrogens with one attached hydrogen (secondary N) is 1. The molecule has 4 rings (SSSR count). The first kappa shape index (κ1) is 19.0. The van der Waals surface area contributed by atoms with Crippen molar-refractivity contribution in [3.05, 3.63) is 64.1 Å². The van der Waals surface area contributed by atoms with Crippen LogP contribution in [0.2, 0.25) is 5.02 Å². The summed E-state index contributed by atoms with van der Waals surface area (Å²) in [4.78, 5) is 5.19. The second kappa shape index (κ2) is 7.98. The first-order valence-corrected chi connectivity index (χ1v) is 11.3. The standard InChI is InChI=1S/C19H17ClN2O4S2/c20-16-5-2-1-4-13(16)10-14-12-21-19(27-14)22-28(23,24)15-6-7-17-18(11-15)26-9-3-8-25-17/h1-2,4-7,11-12H,3,8-10H2,(H,21,22). The van der Waals surface area contributed by atoms with Crippen LogP contribution < -0.4 is 14.2 Å². The first-order chi connectivity index (χ1) is 13.5. The Morgan fingerprint density at radius 1 is 1.11 bits per heavy atom. The summed E-state index contributed by atoms with van der Waals surface area (Å²) in [7, 11) is -3.79. The molecular weight excluding hydrogens is 420 g/mol. The Morgan fingerprint density at radius 2 is 1.89 bits per heavy atom. The van der Waals surface area contributed by atoms with Crippen LogP contribution in [0.4, 0.5) is 5.13 Å². The highest BCUT2D eigenvalue weighted by atomic mass is 35.5. The van der Waals surface area contributed by atoms with E-state index in [4.69, 9.17) is 21.1 Å². The molecule has 0 bridgehead atoms. The van der Waals surface area contributed by atoms with Gasteiger partial charge in [0.25, 0.3) is 10.0 Å². The molecule has 9 heteroatoms. The van der Waals surface area contributed by atoms with Gasteiger partial charge in [-0.3, -0.25) is 4.72 Å². The molecule has 146 valence electrons. The van der Waals surface area contributed by atoms with E-state index in [1.54, 1.807) is 12.3 Å². The van der Waals surface area contributed by atoms with Gasteiger partial charge in [0.1, 0.15) is 0 Å². The number of anilines is 1. The van der Waals surface area contributed by atoms with Crippen molar-refractivity contribution in [3.8, 4) is 11.5 Å². The highest BCUT2D eigenvalue weighted by Gasteiger charge is 2.20. The highest BCUT2D eigenvalue weighted by molar-refractivity contribution is 7.93. The van der Waals surface area contributed by atoms with Crippen molar-refractivity contribution >= 4 is 38.1 Å². The van der Waals surface area contributed by atoms with Gasteiger partial charge in [0.15, 0.2) is 16.6 Å². The summed E-state index contributed by atoms with van der Waals surface area (Å²) in [5, 5.41) is 0.972. The molecule has 0 atom stereocenters. The third-order valence-corrected chi connectivity index (χ3v) is 6.87. The lowest BCUT2D eigenvalue weighted by atomic mass is 10.1. The Kier molecular flexibility index (Phi) is 5.43. The Balaban J connectivity index is 1.52. The SMILES string of the molecule is O=S(=O)(Nc1ncc(Cc2ccccc2Cl)s1)c1ccc2c(c1)OCCCO2. The van der Waals surface area contributed by atoms with Crippen molar-refractivity contribution in [1.29, 1.82) is 0 Å². The van der Waals surface area contributed by atoms with E-state index in [9.17, 15) is 8.42 Å². The van der Waals surface area contributed by atoms with Crippen molar-refractivity contribution < 1.29 is 17.9 Å². The van der Waals surface area contributed by atoms with Crippen LogP contribution in [0, 0.1) is 0 Å². The number of hydrogen-bond donors (Lipinski definition) is 1. The molecule has 1 N–H and O–H groups in total. The second-order valence-electron chi connectivity index (χ2n) is 6.16. The number of aromatic nitrogens is 1. The Hall–Kier alpha value is -2.29. The summed E-state index contributed by atoms with van der Waals surface area (Å²) < 4.78 is 39.1. The van der Waals surface area contributed by atoms with E-state index >= 15 is 0 Å². The molecule has 0 spiro atoms. The van der Waals surface area contributed by atoms with Crippen molar-refractivity contribution in [1.82, 2.24) is 4.98 Å². The summed E-state index contributed by atoms with van der Waals surface area (Å²) in [6.45, 7) is 1.03. The third kappa shape index (κ3) is 4.24. The number of thiazole rings is 1. The molecule has 1 aliphatic heterocycles. The van der Waals surface area contributed by atoms with E-state index in [1.165, 1.54) is 23.5 Å². The van der Waals surface area contributed by atoms with Crippen molar-refractivity contribution in [3.63, 3.8) is 0 Å². The molecule has 0 radical (unpaired) electrons. The van der Waals surface area contributed by atoms with E-state index in [0.29, 0.717) is 41.3 Å². The molecule has 1 aliphatic rings. The first-order valence-electron chi connectivity index (χ1n) is 8.62. The number of halogens is 1. The zero-order valence-electron chi connectivity index (χ0n) is 14.7. The van der Waals surface area contributed by atoms with E-state index in [2.05, 4.69) is 9.71 Å². The van der Waals surface area contributed by atoms with Gasteiger partial charge >= 0.3 is 0 Å². The van der Waals surface area contributed by atoms with Gasteiger partial charge in [-0.25, -0.2) is 13.4 Å². The van der Waals surface area contributed by atoms with Gasteiger partial charge in [-0.2, -0.15) is 0 Å². The summed E-state index contributed by atoms with van der Waals surface area (Å²) in [6.07, 6.45) is 2.99. The predicted octanol–water partition coefficient (Wildman–Crippen LogP) is 4.35. The Labute approximate surface area is 172 Å². The summed E-state index contributed by atoms with van der Waals surface area (Å²) in [6, 6.07) is 12.1. The topological polar surface area (TPSA) is 77.5 Å². The Morgan fingerprint density at radius 3 is 2.71 bits per heavy atom. The van der Waals surface area contributed by atoms with Crippen LogP contribution in [0.15, 0.2) is 53.6 Å². The summed E-state index contributed by atoms with van der Waals surface area (Å²) in [5.41, 5.74) is 0.963. The minimum atomic E-state index is -3.79. The lowest BCUT2D eigenvalue weighted by molar-refractivity contribution is 0.297. The molecule has 0 saturated carbocycles. The number of nitrogens with zero attached hydrogens (tertiary/aromatic N) is 1. The normalized spacial score (nSPS) is 13.8. The van der Waals surface area contributed by atoms with Gasteiger partial charge in [-0.1, -0.05) is 29.8 Å². The molecule has 0 unspecified atom stereocenters. The van der Waals surface area contributed by atoms with Crippen LogP contribution in [0.1, 0.15) is 16.9 Å². The largest absolute Gasteiger partial charge is 0.490 e.